The summed E-state index contributed by atoms with van der Waals surface area (Å²) in [4.78, 5) is 14.4. The van der Waals surface area contributed by atoms with Crippen molar-refractivity contribution in [2.45, 2.75) is 19.9 Å². The second-order valence-electron chi connectivity index (χ2n) is 7.29. The molecule has 2 atom stereocenters. The number of amides is 1. The van der Waals surface area contributed by atoms with Gasteiger partial charge in [0.2, 0.25) is 15.9 Å². The molecule has 3 rings (SSSR count). The number of hydrogen-bond donors (Lipinski definition) is 0. The minimum Gasteiger partial charge on any atom is -0.384 e. The van der Waals surface area contributed by atoms with E-state index < -0.39 is 10.0 Å². The molecule has 1 aromatic rings. The maximum absolute atomic E-state index is 12.6. The highest BCUT2D eigenvalue weighted by Gasteiger charge is 2.52. The standard InChI is InChI=1S/C16H26N4O4S/c1-13-4-6-19(17-13)10-15(21)18-7-5-16(12-24-2)11-20(25(3,22)23)9-14(16)8-18/h4,6,14H,5,7-12H2,1-3H3/t14-,16+/m1/s1. The highest BCUT2D eigenvalue weighted by atomic mass is 32.2. The zero-order valence-electron chi connectivity index (χ0n) is 15.0. The monoisotopic (exact) mass is 370 g/mol. The van der Waals surface area contributed by atoms with Gasteiger partial charge in [0.1, 0.15) is 6.54 Å². The predicted octanol–water partition coefficient (Wildman–Crippen LogP) is -0.0520. The van der Waals surface area contributed by atoms with Crippen LogP contribution in [-0.4, -0.2) is 79.5 Å². The zero-order chi connectivity index (χ0) is 18.2. The van der Waals surface area contributed by atoms with Gasteiger partial charge >= 0.3 is 0 Å². The maximum Gasteiger partial charge on any atom is 0.244 e. The van der Waals surface area contributed by atoms with Crippen LogP contribution in [0, 0.1) is 18.3 Å². The minimum atomic E-state index is -3.24. The third-order valence-corrected chi connectivity index (χ3v) is 6.64. The molecule has 2 fully saturated rings. The number of methoxy groups -OCH3 is 1. The second kappa shape index (κ2) is 6.69. The van der Waals surface area contributed by atoms with Crippen molar-refractivity contribution in [3.63, 3.8) is 0 Å². The Hall–Kier alpha value is -1.45. The molecule has 0 saturated carbocycles. The van der Waals surface area contributed by atoms with E-state index in [1.165, 1.54) is 10.6 Å². The van der Waals surface area contributed by atoms with Crippen molar-refractivity contribution in [1.82, 2.24) is 19.0 Å². The summed E-state index contributed by atoms with van der Waals surface area (Å²) in [5, 5.41) is 4.26. The quantitative estimate of drug-likeness (QED) is 0.725. The van der Waals surface area contributed by atoms with Gasteiger partial charge in [-0.15, -0.1) is 0 Å². The lowest BCUT2D eigenvalue weighted by molar-refractivity contribution is -0.136. The van der Waals surface area contributed by atoms with Crippen molar-refractivity contribution >= 4 is 15.9 Å². The van der Waals surface area contributed by atoms with E-state index in [1.807, 2.05) is 17.9 Å². The highest BCUT2D eigenvalue weighted by Crippen LogP contribution is 2.43. The molecule has 140 valence electrons. The van der Waals surface area contributed by atoms with Gasteiger partial charge in [-0.25, -0.2) is 12.7 Å². The number of sulfonamides is 1. The fourth-order valence-corrected chi connectivity index (χ4v) is 4.97. The van der Waals surface area contributed by atoms with E-state index >= 15 is 0 Å². The summed E-state index contributed by atoms with van der Waals surface area (Å²) in [7, 11) is -1.60. The molecule has 0 aliphatic carbocycles. The average Bonchev–Trinajstić information content (AvgIpc) is 3.10. The van der Waals surface area contributed by atoms with Crippen LogP contribution >= 0.6 is 0 Å². The lowest BCUT2D eigenvalue weighted by Crippen LogP contribution is -2.51. The molecule has 25 heavy (non-hydrogen) atoms. The van der Waals surface area contributed by atoms with E-state index in [9.17, 15) is 13.2 Å². The van der Waals surface area contributed by atoms with E-state index in [0.29, 0.717) is 32.8 Å². The third kappa shape index (κ3) is 3.73. The summed E-state index contributed by atoms with van der Waals surface area (Å²) < 4.78 is 32.5. The van der Waals surface area contributed by atoms with Crippen LogP contribution in [-0.2, 0) is 26.1 Å². The largest absolute Gasteiger partial charge is 0.384 e. The van der Waals surface area contributed by atoms with Crippen molar-refractivity contribution in [1.29, 1.82) is 0 Å². The van der Waals surface area contributed by atoms with Crippen LogP contribution in [0.2, 0.25) is 0 Å². The summed E-state index contributed by atoms with van der Waals surface area (Å²) in [6, 6.07) is 1.87. The lowest BCUT2D eigenvalue weighted by Gasteiger charge is -2.43. The van der Waals surface area contributed by atoms with Crippen molar-refractivity contribution in [2.24, 2.45) is 11.3 Å². The van der Waals surface area contributed by atoms with E-state index in [2.05, 4.69) is 5.10 Å². The normalized spacial score (nSPS) is 27.5. The molecule has 1 amide bonds. The molecular weight excluding hydrogens is 344 g/mol. The van der Waals surface area contributed by atoms with Gasteiger partial charge in [0.15, 0.2) is 0 Å². The Kier molecular flexibility index (Phi) is 4.91. The number of likely N-dealkylation sites (tertiary alicyclic amines) is 1. The molecule has 2 aliphatic heterocycles. The van der Waals surface area contributed by atoms with Gasteiger partial charge in [-0.1, -0.05) is 0 Å². The summed E-state index contributed by atoms with van der Waals surface area (Å²) in [6.45, 7) is 4.74. The Morgan fingerprint density at radius 2 is 2.20 bits per heavy atom. The Balaban J connectivity index is 1.71. The Labute approximate surface area is 148 Å². The van der Waals surface area contributed by atoms with Crippen molar-refractivity contribution < 1.29 is 17.9 Å². The number of rotatable bonds is 5. The number of nitrogens with zero attached hydrogens (tertiary/aromatic N) is 4. The van der Waals surface area contributed by atoms with Gasteiger partial charge in [-0.2, -0.15) is 5.10 Å². The second-order valence-corrected chi connectivity index (χ2v) is 9.27. The van der Waals surface area contributed by atoms with Crippen LogP contribution in [0.1, 0.15) is 12.1 Å². The number of hydrogen-bond acceptors (Lipinski definition) is 5. The van der Waals surface area contributed by atoms with Crippen LogP contribution in [0.3, 0.4) is 0 Å². The van der Waals surface area contributed by atoms with E-state index in [4.69, 9.17) is 4.74 Å². The number of fused-ring (bicyclic) bond motifs is 1. The SMILES string of the molecule is COC[C@@]12CCN(C(=O)Cn3ccc(C)n3)C[C@@H]1CN(S(C)(=O)=O)C2. The molecule has 2 saturated heterocycles. The molecule has 0 radical (unpaired) electrons. The van der Waals surface area contributed by atoms with Crippen molar-refractivity contribution in [3.8, 4) is 0 Å². The predicted molar refractivity (Wildman–Crippen MR) is 92.4 cm³/mol. The number of piperidine rings is 1. The van der Waals surface area contributed by atoms with Gasteiger partial charge < -0.3 is 9.64 Å². The van der Waals surface area contributed by atoms with Gasteiger partial charge in [0.05, 0.1) is 18.6 Å². The van der Waals surface area contributed by atoms with E-state index in [-0.39, 0.29) is 23.8 Å². The van der Waals surface area contributed by atoms with Crippen LogP contribution in [0.5, 0.6) is 0 Å². The summed E-state index contributed by atoms with van der Waals surface area (Å²) >= 11 is 0. The van der Waals surface area contributed by atoms with Gasteiger partial charge in [-0.3, -0.25) is 9.48 Å². The number of ether oxygens (including phenoxy) is 1. The zero-order valence-corrected chi connectivity index (χ0v) is 15.8. The fraction of sp³-hybridized carbons (Fsp3) is 0.750. The number of carbonyl (C=O) groups excluding carboxylic acids is 1. The first kappa shape index (κ1) is 18.3. The molecule has 3 heterocycles. The third-order valence-electron chi connectivity index (χ3n) is 5.43. The summed E-state index contributed by atoms with van der Waals surface area (Å²) in [6.07, 6.45) is 3.79. The molecule has 2 aliphatic rings. The van der Waals surface area contributed by atoms with Gasteiger partial charge in [0, 0.05) is 44.9 Å². The van der Waals surface area contributed by atoms with E-state index in [1.54, 1.807) is 18.0 Å². The highest BCUT2D eigenvalue weighted by molar-refractivity contribution is 7.88. The molecule has 0 unspecified atom stereocenters. The fourth-order valence-electron chi connectivity index (χ4n) is 4.03. The van der Waals surface area contributed by atoms with Crippen LogP contribution in [0.4, 0.5) is 0 Å². The summed E-state index contributed by atoms with van der Waals surface area (Å²) in [5.41, 5.74) is 0.682. The number of aromatic nitrogens is 2. The number of aryl methyl sites for hydroxylation is 1. The first-order valence-electron chi connectivity index (χ1n) is 8.45. The molecule has 9 heteroatoms. The summed E-state index contributed by atoms with van der Waals surface area (Å²) in [5.74, 6) is 0.117. The Morgan fingerprint density at radius 1 is 1.44 bits per heavy atom. The molecular formula is C16H26N4O4S. The first-order chi connectivity index (χ1) is 11.7. The smallest absolute Gasteiger partial charge is 0.244 e. The van der Waals surface area contributed by atoms with Gasteiger partial charge in [-0.05, 0) is 25.3 Å². The first-order valence-corrected chi connectivity index (χ1v) is 10.3. The molecule has 0 N–H and O–H groups in total. The van der Waals surface area contributed by atoms with Crippen molar-refractivity contribution in [2.75, 3.05) is 46.2 Å². The topological polar surface area (TPSA) is 84.7 Å². The van der Waals surface area contributed by atoms with Gasteiger partial charge in [0.25, 0.3) is 0 Å². The average molecular weight is 370 g/mol. The van der Waals surface area contributed by atoms with Crippen LogP contribution < -0.4 is 0 Å². The van der Waals surface area contributed by atoms with Crippen molar-refractivity contribution in [3.05, 3.63) is 18.0 Å². The number of carbonyl (C=O) groups is 1. The molecule has 0 aromatic carbocycles. The molecule has 0 bridgehead atoms. The molecule has 0 spiro atoms. The molecule has 8 nitrogen and oxygen atoms in total. The maximum atomic E-state index is 12.6. The van der Waals surface area contributed by atoms with E-state index in [0.717, 1.165) is 12.1 Å². The molecule has 1 aromatic heterocycles. The van der Waals surface area contributed by atoms with Crippen LogP contribution in [0.25, 0.3) is 0 Å². The minimum absolute atomic E-state index is 0.0203. The van der Waals surface area contributed by atoms with Crippen LogP contribution in [0.15, 0.2) is 12.3 Å². The lowest BCUT2D eigenvalue weighted by atomic mass is 9.73. The Morgan fingerprint density at radius 3 is 2.80 bits per heavy atom. The Bertz CT molecular complexity index is 747.